The van der Waals surface area contributed by atoms with Gasteiger partial charge < -0.3 is 5.32 Å². The number of hydrogen-bond donors (Lipinski definition) is 1. The van der Waals surface area contributed by atoms with Gasteiger partial charge >= 0.3 is 0 Å². The third kappa shape index (κ3) is 4.08. The van der Waals surface area contributed by atoms with Crippen molar-refractivity contribution < 1.29 is 0 Å². The monoisotopic (exact) mass is 350 g/mol. The van der Waals surface area contributed by atoms with Crippen LogP contribution in [0.1, 0.15) is 17.7 Å². The van der Waals surface area contributed by atoms with E-state index in [1.807, 2.05) is 11.3 Å². The maximum absolute atomic E-state index is 3.51. The number of hydrogen-bond acceptors (Lipinski definition) is 3. The van der Waals surface area contributed by atoms with Gasteiger partial charge in [-0.2, -0.15) is 0 Å². The summed E-state index contributed by atoms with van der Waals surface area (Å²) in [5.74, 6) is 0. The van der Waals surface area contributed by atoms with Crippen molar-refractivity contribution in [2.45, 2.75) is 25.4 Å². The van der Waals surface area contributed by atoms with Gasteiger partial charge in [-0.1, -0.05) is 28.1 Å². The number of nitrogens with zero attached hydrogens (tertiary/aromatic N) is 1. The first-order chi connectivity index (χ1) is 9.81. The highest BCUT2D eigenvalue weighted by Crippen LogP contribution is 2.28. The molecule has 20 heavy (non-hydrogen) atoms. The molecule has 1 heterocycles. The molecule has 1 fully saturated rings. The van der Waals surface area contributed by atoms with Crippen LogP contribution in [0.15, 0.2) is 46.3 Å². The van der Waals surface area contributed by atoms with Crippen LogP contribution >= 0.6 is 27.3 Å². The van der Waals surface area contributed by atoms with E-state index >= 15 is 0 Å². The first kappa shape index (κ1) is 14.1. The van der Waals surface area contributed by atoms with Crippen LogP contribution in [0.2, 0.25) is 0 Å². The van der Waals surface area contributed by atoms with E-state index in [0.29, 0.717) is 0 Å². The molecule has 0 aliphatic heterocycles. The summed E-state index contributed by atoms with van der Waals surface area (Å²) in [6.45, 7) is 3.20. The van der Waals surface area contributed by atoms with Crippen LogP contribution in [0.3, 0.4) is 0 Å². The number of thiophene rings is 1. The minimum absolute atomic E-state index is 0.807. The lowest BCUT2D eigenvalue weighted by Crippen LogP contribution is -2.30. The van der Waals surface area contributed by atoms with E-state index in [4.69, 9.17) is 0 Å². The molecule has 1 aromatic carbocycles. The molecule has 3 rings (SSSR count). The van der Waals surface area contributed by atoms with E-state index in [2.05, 4.69) is 67.9 Å². The predicted molar refractivity (Wildman–Crippen MR) is 90.4 cm³/mol. The van der Waals surface area contributed by atoms with E-state index in [1.54, 1.807) is 0 Å². The highest BCUT2D eigenvalue weighted by molar-refractivity contribution is 9.10. The van der Waals surface area contributed by atoms with Gasteiger partial charge in [-0.3, -0.25) is 4.90 Å². The quantitative estimate of drug-likeness (QED) is 0.785. The molecule has 106 valence electrons. The Morgan fingerprint density at radius 2 is 2.15 bits per heavy atom. The van der Waals surface area contributed by atoms with Crippen molar-refractivity contribution in [3.05, 3.63) is 51.1 Å². The second-order valence-electron chi connectivity index (χ2n) is 5.22. The van der Waals surface area contributed by atoms with Crippen LogP contribution < -0.4 is 5.32 Å². The summed E-state index contributed by atoms with van der Waals surface area (Å²) in [5.41, 5.74) is 1.19. The van der Waals surface area contributed by atoms with Crippen LogP contribution in [0.25, 0.3) is 0 Å². The molecular formula is C16H19BrN2S. The summed E-state index contributed by atoms with van der Waals surface area (Å²) < 4.78 is 1.13. The van der Waals surface area contributed by atoms with Gasteiger partial charge in [0.2, 0.25) is 0 Å². The lowest BCUT2D eigenvalue weighted by molar-refractivity contribution is 0.267. The molecule has 1 aliphatic rings. The van der Waals surface area contributed by atoms with Crippen molar-refractivity contribution in [3.8, 4) is 0 Å². The summed E-state index contributed by atoms with van der Waals surface area (Å²) in [4.78, 5) is 4.08. The number of rotatable bonds is 7. The molecule has 0 amide bonds. The van der Waals surface area contributed by atoms with Gasteiger partial charge in [-0.15, -0.1) is 11.3 Å². The molecule has 0 unspecified atom stereocenters. The molecule has 0 saturated heterocycles. The SMILES string of the molecule is Brc1cccc(NCCN(Cc2cccs2)C2CC2)c1. The second kappa shape index (κ2) is 6.74. The second-order valence-corrected chi connectivity index (χ2v) is 7.17. The van der Waals surface area contributed by atoms with Gasteiger partial charge in [0.15, 0.2) is 0 Å². The van der Waals surface area contributed by atoms with Crippen LogP contribution in [0, 0.1) is 0 Å². The Labute approximate surface area is 132 Å². The van der Waals surface area contributed by atoms with E-state index in [9.17, 15) is 0 Å². The van der Waals surface area contributed by atoms with Crippen LogP contribution in [-0.4, -0.2) is 24.0 Å². The van der Waals surface area contributed by atoms with Crippen LogP contribution in [-0.2, 0) is 6.54 Å². The van der Waals surface area contributed by atoms with Crippen LogP contribution in [0.5, 0.6) is 0 Å². The van der Waals surface area contributed by atoms with E-state index < -0.39 is 0 Å². The highest BCUT2D eigenvalue weighted by Gasteiger charge is 2.28. The third-order valence-corrected chi connectivity index (χ3v) is 4.91. The molecule has 2 aromatic rings. The maximum Gasteiger partial charge on any atom is 0.0351 e. The summed E-state index contributed by atoms with van der Waals surface area (Å²) in [5, 5.41) is 5.68. The number of halogens is 1. The fourth-order valence-corrected chi connectivity index (χ4v) is 3.50. The Bertz CT molecular complexity index is 537. The van der Waals surface area contributed by atoms with Gasteiger partial charge in [0.05, 0.1) is 0 Å². The molecule has 1 N–H and O–H groups in total. The molecular weight excluding hydrogens is 332 g/mol. The molecule has 4 heteroatoms. The lowest BCUT2D eigenvalue weighted by Gasteiger charge is -2.21. The molecule has 2 nitrogen and oxygen atoms in total. The van der Waals surface area contributed by atoms with Crippen LogP contribution in [0.4, 0.5) is 5.69 Å². The highest BCUT2D eigenvalue weighted by atomic mass is 79.9. The van der Waals surface area contributed by atoms with E-state index in [1.165, 1.54) is 23.4 Å². The van der Waals surface area contributed by atoms with Crippen molar-refractivity contribution in [2.75, 3.05) is 18.4 Å². The zero-order valence-corrected chi connectivity index (χ0v) is 13.8. The number of nitrogens with one attached hydrogen (secondary N) is 1. The largest absolute Gasteiger partial charge is 0.384 e. The van der Waals surface area contributed by atoms with Crippen molar-refractivity contribution in [2.24, 2.45) is 0 Å². The van der Waals surface area contributed by atoms with Crippen molar-refractivity contribution >= 4 is 33.0 Å². The average Bonchev–Trinajstić information content (AvgIpc) is 3.16. The summed E-state index contributed by atoms with van der Waals surface area (Å²) in [7, 11) is 0. The average molecular weight is 351 g/mol. The number of anilines is 1. The van der Waals surface area contributed by atoms with Gasteiger partial charge in [-0.25, -0.2) is 0 Å². The topological polar surface area (TPSA) is 15.3 Å². The predicted octanol–water partition coefficient (Wildman–Crippen LogP) is 4.59. The van der Waals surface area contributed by atoms with Gasteiger partial charge in [-0.05, 0) is 42.5 Å². The third-order valence-electron chi connectivity index (χ3n) is 3.56. The van der Waals surface area contributed by atoms with Crippen molar-refractivity contribution in [1.82, 2.24) is 4.90 Å². The Morgan fingerprint density at radius 3 is 2.85 bits per heavy atom. The molecule has 0 bridgehead atoms. The first-order valence-corrected chi connectivity index (χ1v) is 8.74. The Hall–Kier alpha value is -0.840. The standard InChI is InChI=1S/C16H19BrN2S/c17-13-3-1-4-14(11-13)18-8-9-19(15-6-7-15)12-16-5-2-10-20-16/h1-5,10-11,15,18H,6-9,12H2. The Morgan fingerprint density at radius 1 is 1.25 bits per heavy atom. The normalized spacial score (nSPS) is 14.7. The maximum atomic E-state index is 3.51. The molecule has 1 aromatic heterocycles. The first-order valence-electron chi connectivity index (χ1n) is 7.07. The Balaban J connectivity index is 1.50. The summed E-state index contributed by atoms with van der Waals surface area (Å²) in [6.07, 6.45) is 2.73. The van der Waals surface area contributed by atoms with E-state index in [-0.39, 0.29) is 0 Å². The van der Waals surface area contributed by atoms with Crippen molar-refractivity contribution in [3.63, 3.8) is 0 Å². The van der Waals surface area contributed by atoms with Crippen molar-refractivity contribution in [1.29, 1.82) is 0 Å². The number of benzene rings is 1. The van der Waals surface area contributed by atoms with Gasteiger partial charge in [0.25, 0.3) is 0 Å². The molecule has 0 atom stereocenters. The summed E-state index contributed by atoms with van der Waals surface area (Å²) in [6, 6.07) is 13.6. The molecule has 1 aliphatic carbocycles. The minimum Gasteiger partial charge on any atom is -0.384 e. The van der Waals surface area contributed by atoms with E-state index in [0.717, 1.165) is 30.1 Å². The van der Waals surface area contributed by atoms with Gasteiger partial charge in [0, 0.05) is 40.7 Å². The summed E-state index contributed by atoms with van der Waals surface area (Å²) >= 11 is 5.37. The smallest absolute Gasteiger partial charge is 0.0351 e. The molecule has 0 spiro atoms. The minimum atomic E-state index is 0.807. The fourth-order valence-electron chi connectivity index (χ4n) is 2.38. The lowest BCUT2D eigenvalue weighted by atomic mass is 10.3. The molecule has 1 saturated carbocycles. The Kier molecular flexibility index (Phi) is 4.76. The zero-order valence-electron chi connectivity index (χ0n) is 11.4. The molecule has 0 radical (unpaired) electrons. The zero-order chi connectivity index (χ0) is 13.8. The van der Waals surface area contributed by atoms with Gasteiger partial charge in [0.1, 0.15) is 0 Å². The fraction of sp³-hybridized carbons (Fsp3) is 0.375.